The second-order valence-electron chi connectivity index (χ2n) is 6.58. The Morgan fingerprint density at radius 1 is 1.27 bits per heavy atom. The molecule has 0 spiro atoms. The highest BCUT2D eigenvalue weighted by Gasteiger charge is 2.29. The molecular formula is C18H29N3O4S. The molecule has 1 aliphatic rings. The average Bonchev–Trinajstić information content (AvgIpc) is 2.63. The maximum atomic E-state index is 13.2. The Morgan fingerprint density at radius 3 is 2.62 bits per heavy atom. The van der Waals surface area contributed by atoms with Gasteiger partial charge in [0.1, 0.15) is 0 Å². The first kappa shape index (κ1) is 20.8. The van der Waals surface area contributed by atoms with Gasteiger partial charge in [0, 0.05) is 46.4 Å². The standard InChI is InChI=1S/C18H29N3O4S/c1-15-5-6-16(2)17(13-15)26(23,24)21(9-4-12-25-3)14-18(22)20-10-7-19-8-11-20/h5-6,13,19H,4,7-12,14H2,1-3H3. The summed E-state index contributed by atoms with van der Waals surface area (Å²) in [5, 5.41) is 3.19. The normalized spacial score (nSPS) is 15.5. The molecule has 1 heterocycles. The first-order valence-electron chi connectivity index (χ1n) is 8.91. The molecule has 2 rings (SSSR count). The van der Waals surface area contributed by atoms with Crippen LogP contribution < -0.4 is 5.32 Å². The number of aryl methyl sites for hydroxylation is 2. The van der Waals surface area contributed by atoms with Crippen LogP contribution in [0.1, 0.15) is 17.5 Å². The van der Waals surface area contributed by atoms with E-state index in [9.17, 15) is 13.2 Å². The first-order valence-corrected chi connectivity index (χ1v) is 10.3. The molecule has 26 heavy (non-hydrogen) atoms. The molecule has 0 atom stereocenters. The first-order chi connectivity index (χ1) is 12.4. The van der Waals surface area contributed by atoms with Gasteiger partial charge < -0.3 is 15.0 Å². The zero-order valence-corrected chi connectivity index (χ0v) is 16.6. The second-order valence-corrected chi connectivity index (χ2v) is 8.49. The Kier molecular flexibility index (Phi) is 7.57. The van der Waals surface area contributed by atoms with Crippen molar-refractivity contribution in [1.29, 1.82) is 0 Å². The van der Waals surface area contributed by atoms with Crippen LogP contribution in [0.5, 0.6) is 0 Å². The van der Waals surface area contributed by atoms with Crippen molar-refractivity contribution in [1.82, 2.24) is 14.5 Å². The Labute approximate surface area is 156 Å². The van der Waals surface area contributed by atoms with E-state index in [0.717, 1.165) is 18.7 Å². The third kappa shape index (κ3) is 5.26. The summed E-state index contributed by atoms with van der Waals surface area (Å²) < 4.78 is 32.8. The van der Waals surface area contributed by atoms with E-state index in [0.29, 0.717) is 31.7 Å². The second kappa shape index (κ2) is 9.45. The molecule has 1 fully saturated rings. The van der Waals surface area contributed by atoms with Crippen molar-refractivity contribution in [2.24, 2.45) is 0 Å². The number of ether oxygens (including phenoxy) is 1. The molecule has 1 aromatic rings. The van der Waals surface area contributed by atoms with Gasteiger partial charge in [-0.05, 0) is 37.5 Å². The minimum Gasteiger partial charge on any atom is -0.385 e. The lowest BCUT2D eigenvalue weighted by Crippen LogP contribution is -2.50. The van der Waals surface area contributed by atoms with E-state index in [2.05, 4.69) is 5.32 Å². The summed E-state index contributed by atoms with van der Waals surface area (Å²) in [5.74, 6) is -0.155. The van der Waals surface area contributed by atoms with Gasteiger partial charge in [-0.3, -0.25) is 4.79 Å². The van der Waals surface area contributed by atoms with Gasteiger partial charge in [0.05, 0.1) is 11.4 Å². The van der Waals surface area contributed by atoms with E-state index >= 15 is 0 Å². The number of hydrogen-bond donors (Lipinski definition) is 1. The van der Waals surface area contributed by atoms with E-state index in [1.807, 2.05) is 13.0 Å². The highest BCUT2D eigenvalue weighted by molar-refractivity contribution is 7.89. The SMILES string of the molecule is COCCCN(CC(=O)N1CCNCC1)S(=O)(=O)c1cc(C)ccc1C. The van der Waals surface area contributed by atoms with Crippen LogP contribution in [0.2, 0.25) is 0 Å². The number of hydrogen-bond acceptors (Lipinski definition) is 5. The summed E-state index contributed by atoms with van der Waals surface area (Å²) in [6.45, 7) is 6.87. The number of benzene rings is 1. The predicted octanol–water partition coefficient (Wildman–Crippen LogP) is 0.762. The summed E-state index contributed by atoms with van der Waals surface area (Å²) in [7, 11) is -2.17. The van der Waals surface area contributed by atoms with Gasteiger partial charge in [0.15, 0.2) is 0 Å². The van der Waals surface area contributed by atoms with Gasteiger partial charge in [0.2, 0.25) is 15.9 Å². The highest BCUT2D eigenvalue weighted by Crippen LogP contribution is 2.21. The average molecular weight is 384 g/mol. The summed E-state index contributed by atoms with van der Waals surface area (Å²) in [6, 6.07) is 5.35. The van der Waals surface area contributed by atoms with E-state index in [1.54, 1.807) is 31.1 Å². The van der Waals surface area contributed by atoms with Crippen LogP contribution in [-0.4, -0.2) is 76.5 Å². The summed E-state index contributed by atoms with van der Waals surface area (Å²) in [5.41, 5.74) is 1.56. The number of methoxy groups -OCH3 is 1. The van der Waals surface area contributed by atoms with Crippen molar-refractivity contribution in [3.63, 3.8) is 0 Å². The fraction of sp³-hybridized carbons (Fsp3) is 0.611. The number of nitrogens with zero attached hydrogens (tertiary/aromatic N) is 2. The molecule has 0 radical (unpaired) electrons. The Morgan fingerprint density at radius 2 is 1.96 bits per heavy atom. The van der Waals surface area contributed by atoms with Crippen molar-refractivity contribution in [2.75, 3.05) is 53.0 Å². The molecule has 7 nitrogen and oxygen atoms in total. The van der Waals surface area contributed by atoms with E-state index in [4.69, 9.17) is 4.74 Å². The molecule has 1 saturated heterocycles. The van der Waals surface area contributed by atoms with Crippen LogP contribution in [0.25, 0.3) is 0 Å². The minimum absolute atomic E-state index is 0.139. The number of sulfonamides is 1. The van der Waals surface area contributed by atoms with Crippen LogP contribution in [0, 0.1) is 13.8 Å². The van der Waals surface area contributed by atoms with Gasteiger partial charge in [-0.15, -0.1) is 0 Å². The molecule has 0 bridgehead atoms. The summed E-state index contributed by atoms with van der Waals surface area (Å²) in [6.07, 6.45) is 0.537. The zero-order chi connectivity index (χ0) is 19.2. The van der Waals surface area contributed by atoms with Crippen molar-refractivity contribution in [2.45, 2.75) is 25.2 Å². The van der Waals surface area contributed by atoms with E-state index in [-0.39, 0.29) is 23.9 Å². The fourth-order valence-electron chi connectivity index (χ4n) is 2.96. The molecule has 0 aliphatic carbocycles. The predicted molar refractivity (Wildman–Crippen MR) is 101 cm³/mol. The molecule has 0 aromatic heterocycles. The monoisotopic (exact) mass is 383 g/mol. The maximum Gasteiger partial charge on any atom is 0.243 e. The number of carbonyl (C=O) groups is 1. The number of nitrogens with one attached hydrogen (secondary N) is 1. The molecule has 1 N–H and O–H groups in total. The van der Waals surface area contributed by atoms with E-state index in [1.165, 1.54) is 4.31 Å². The van der Waals surface area contributed by atoms with Crippen LogP contribution in [0.3, 0.4) is 0 Å². The number of carbonyl (C=O) groups excluding carboxylic acids is 1. The van der Waals surface area contributed by atoms with Crippen LogP contribution >= 0.6 is 0 Å². The van der Waals surface area contributed by atoms with Crippen molar-refractivity contribution < 1.29 is 17.9 Å². The number of rotatable bonds is 8. The quantitative estimate of drug-likeness (QED) is 0.671. The van der Waals surface area contributed by atoms with Crippen LogP contribution in [0.15, 0.2) is 23.1 Å². The van der Waals surface area contributed by atoms with Gasteiger partial charge in [-0.1, -0.05) is 12.1 Å². The van der Waals surface area contributed by atoms with Crippen LogP contribution in [0.4, 0.5) is 0 Å². The lowest BCUT2D eigenvalue weighted by atomic mass is 10.2. The van der Waals surface area contributed by atoms with Crippen LogP contribution in [-0.2, 0) is 19.6 Å². The molecular weight excluding hydrogens is 354 g/mol. The zero-order valence-electron chi connectivity index (χ0n) is 15.8. The highest BCUT2D eigenvalue weighted by atomic mass is 32.2. The van der Waals surface area contributed by atoms with Gasteiger partial charge in [-0.2, -0.15) is 4.31 Å². The molecule has 146 valence electrons. The van der Waals surface area contributed by atoms with E-state index < -0.39 is 10.0 Å². The molecule has 8 heteroatoms. The molecule has 0 saturated carbocycles. The Hall–Kier alpha value is -1.48. The summed E-state index contributed by atoms with van der Waals surface area (Å²) in [4.78, 5) is 14.6. The lowest BCUT2D eigenvalue weighted by molar-refractivity contribution is -0.132. The molecule has 1 aliphatic heterocycles. The van der Waals surface area contributed by atoms with Crippen molar-refractivity contribution in [3.05, 3.63) is 29.3 Å². The third-order valence-corrected chi connectivity index (χ3v) is 6.49. The molecule has 0 unspecified atom stereocenters. The number of amides is 1. The summed E-state index contributed by atoms with van der Waals surface area (Å²) >= 11 is 0. The van der Waals surface area contributed by atoms with Crippen molar-refractivity contribution >= 4 is 15.9 Å². The third-order valence-electron chi connectivity index (χ3n) is 4.50. The van der Waals surface area contributed by atoms with Gasteiger partial charge in [0.25, 0.3) is 0 Å². The largest absolute Gasteiger partial charge is 0.385 e. The lowest BCUT2D eigenvalue weighted by Gasteiger charge is -2.30. The Bertz CT molecular complexity index is 715. The van der Waals surface area contributed by atoms with Gasteiger partial charge in [-0.25, -0.2) is 8.42 Å². The van der Waals surface area contributed by atoms with Crippen molar-refractivity contribution in [3.8, 4) is 0 Å². The van der Waals surface area contributed by atoms with Gasteiger partial charge >= 0.3 is 0 Å². The Balaban J connectivity index is 2.24. The fourth-order valence-corrected chi connectivity index (χ4v) is 4.70. The number of piperazine rings is 1. The maximum absolute atomic E-state index is 13.2. The smallest absolute Gasteiger partial charge is 0.243 e. The minimum atomic E-state index is -3.75. The molecule has 1 amide bonds. The topological polar surface area (TPSA) is 79.0 Å². The molecule has 1 aromatic carbocycles.